The van der Waals surface area contributed by atoms with Gasteiger partial charge in [0.1, 0.15) is 5.75 Å². The Morgan fingerprint density at radius 1 is 1.12 bits per heavy atom. The van der Waals surface area contributed by atoms with Crippen LogP contribution in [0.15, 0.2) is 24.3 Å². The standard InChI is InChI=1S/C20H29N3O2/c1-15(2)21-9-11-22(12-10-21)17-13-23(14-17)20(24)19-8-7-16-5-3-4-6-18(16)25-19/h3-6,15,17,19H,7-14H2,1-2H3. The average Bonchev–Trinajstić information content (AvgIpc) is 2.60. The van der Waals surface area contributed by atoms with E-state index in [1.165, 1.54) is 5.56 Å². The lowest BCUT2D eigenvalue weighted by Crippen LogP contribution is -2.66. The highest BCUT2D eigenvalue weighted by atomic mass is 16.5. The van der Waals surface area contributed by atoms with E-state index in [9.17, 15) is 4.79 Å². The number of benzene rings is 1. The molecule has 0 saturated carbocycles. The molecule has 3 heterocycles. The molecule has 0 spiro atoms. The number of amides is 1. The quantitative estimate of drug-likeness (QED) is 0.836. The third-order valence-corrected chi connectivity index (χ3v) is 5.96. The molecule has 4 rings (SSSR count). The van der Waals surface area contributed by atoms with E-state index < -0.39 is 0 Å². The molecule has 25 heavy (non-hydrogen) atoms. The molecular weight excluding hydrogens is 314 g/mol. The second-order valence-electron chi connectivity index (χ2n) is 7.82. The molecule has 0 N–H and O–H groups in total. The number of carbonyl (C=O) groups excluding carboxylic acids is 1. The van der Waals surface area contributed by atoms with E-state index in [0.29, 0.717) is 12.1 Å². The van der Waals surface area contributed by atoms with Gasteiger partial charge in [0.05, 0.1) is 0 Å². The number of hydrogen-bond acceptors (Lipinski definition) is 4. The van der Waals surface area contributed by atoms with Gasteiger partial charge in [-0.25, -0.2) is 0 Å². The molecule has 5 nitrogen and oxygen atoms in total. The van der Waals surface area contributed by atoms with Crippen LogP contribution in [0.2, 0.25) is 0 Å². The van der Waals surface area contributed by atoms with Gasteiger partial charge in [0.25, 0.3) is 5.91 Å². The zero-order chi connectivity index (χ0) is 17.4. The zero-order valence-corrected chi connectivity index (χ0v) is 15.4. The fourth-order valence-electron chi connectivity index (χ4n) is 4.19. The Hall–Kier alpha value is -1.59. The Kier molecular flexibility index (Phi) is 4.69. The second-order valence-corrected chi connectivity index (χ2v) is 7.82. The van der Waals surface area contributed by atoms with Gasteiger partial charge in [0.15, 0.2) is 6.10 Å². The first-order valence-corrected chi connectivity index (χ1v) is 9.63. The van der Waals surface area contributed by atoms with Crippen LogP contribution in [0.3, 0.4) is 0 Å². The van der Waals surface area contributed by atoms with Crippen LogP contribution in [-0.4, -0.2) is 78.1 Å². The number of rotatable bonds is 3. The molecule has 2 fully saturated rings. The minimum atomic E-state index is -0.298. The van der Waals surface area contributed by atoms with Crippen molar-refractivity contribution >= 4 is 5.91 Å². The molecule has 3 aliphatic heterocycles. The van der Waals surface area contributed by atoms with Crippen molar-refractivity contribution in [3.8, 4) is 5.75 Å². The van der Waals surface area contributed by atoms with Gasteiger partial charge in [-0.1, -0.05) is 18.2 Å². The summed E-state index contributed by atoms with van der Waals surface area (Å²) in [6.45, 7) is 10.8. The largest absolute Gasteiger partial charge is 0.480 e. The van der Waals surface area contributed by atoms with Gasteiger partial charge in [0, 0.05) is 51.4 Å². The van der Waals surface area contributed by atoms with E-state index in [0.717, 1.165) is 57.9 Å². The molecular formula is C20H29N3O2. The molecule has 1 unspecified atom stereocenters. The highest BCUT2D eigenvalue weighted by Crippen LogP contribution is 2.29. The molecule has 0 aromatic heterocycles. The summed E-state index contributed by atoms with van der Waals surface area (Å²) in [5, 5.41) is 0. The van der Waals surface area contributed by atoms with E-state index >= 15 is 0 Å². The van der Waals surface area contributed by atoms with Crippen LogP contribution in [0, 0.1) is 0 Å². The van der Waals surface area contributed by atoms with Crippen molar-refractivity contribution < 1.29 is 9.53 Å². The van der Waals surface area contributed by atoms with E-state index in [-0.39, 0.29) is 12.0 Å². The minimum Gasteiger partial charge on any atom is -0.480 e. The Morgan fingerprint density at radius 2 is 1.84 bits per heavy atom. The van der Waals surface area contributed by atoms with E-state index in [2.05, 4.69) is 29.7 Å². The topological polar surface area (TPSA) is 36.0 Å². The van der Waals surface area contributed by atoms with Crippen molar-refractivity contribution in [1.29, 1.82) is 0 Å². The van der Waals surface area contributed by atoms with Gasteiger partial charge >= 0.3 is 0 Å². The van der Waals surface area contributed by atoms with Crippen molar-refractivity contribution in [2.24, 2.45) is 0 Å². The fraction of sp³-hybridized carbons (Fsp3) is 0.650. The highest BCUT2D eigenvalue weighted by molar-refractivity contribution is 5.82. The maximum atomic E-state index is 12.7. The Bertz CT molecular complexity index is 619. The minimum absolute atomic E-state index is 0.173. The van der Waals surface area contributed by atoms with Crippen molar-refractivity contribution in [3.05, 3.63) is 29.8 Å². The fourth-order valence-corrected chi connectivity index (χ4v) is 4.19. The lowest BCUT2D eigenvalue weighted by atomic mass is 9.99. The normalized spacial score (nSPS) is 25.4. The highest BCUT2D eigenvalue weighted by Gasteiger charge is 2.40. The lowest BCUT2D eigenvalue weighted by molar-refractivity contribution is -0.147. The number of fused-ring (bicyclic) bond motifs is 1. The van der Waals surface area contributed by atoms with Crippen LogP contribution in [0.5, 0.6) is 5.75 Å². The number of piperazine rings is 1. The number of likely N-dealkylation sites (tertiary alicyclic amines) is 1. The number of nitrogens with zero attached hydrogens (tertiary/aromatic N) is 3. The van der Waals surface area contributed by atoms with E-state index in [1.807, 2.05) is 23.1 Å². The molecule has 136 valence electrons. The van der Waals surface area contributed by atoms with Gasteiger partial charge in [-0.2, -0.15) is 0 Å². The number of para-hydroxylation sites is 1. The van der Waals surface area contributed by atoms with Crippen LogP contribution in [0.1, 0.15) is 25.8 Å². The third kappa shape index (κ3) is 3.40. The maximum Gasteiger partial charge on any atom is 0.263 e. The summed E-state index contributed by atoms with van der Waals surface area (Å²) in [7, 11) is 0. The summed E-state index contributed by atoms with van der Waals surface area (Å²) in [4.78, 5) is 19.8. The molecule has 0 aliphatic carbocycles. The Balaban J connectivity index is 1.26. The van der Waals surface area contributed by atoms with Crippen molar-refractivity contribution in [2.45, 2.75) is 44.9 Å². The van der Waals surface area contributed by atoms with Crippen LogP contribution >= 0.6 is 0 Å². The summed E-state index contributed by atoms with van der Waals surface area (Å²) in [6, 6.07) is 9.24. The van der Waals surface area contributed by atoms with Crippen molar-refractivity contribution in [2.75, 3.05) is 39.3 Å². The number of hydrogen-bond donors (Lipinski definition) is 0. The van der Waals surface area contributed by atoms with Crippen LogP contribution < -0.4 is 4.74 Å². The average molecular weight is 343 g/mol. The van der Waals surface area contributed by atoms with Gasteiger partial charge in [-0.05, 0) is 38.3 Å². The summed E-state index contributed by atoms with van der Waals surface area (Å²) >= 11 is 0. The smallest absolute Gasteiger partial charge is 0.263 e. The Labute approximate surface area is 150 Å². The molecule has 1 amide bonds. The van der Waals surface area contributed by atoms with Crippen molar-refractivity contribution in [1.82, 2.24) is 14.7 Å². The number of ether oxygens (including phenoxy) is 1. The second kappa shape index (κ2) is 6.96. The zero-order valence-electron chi connectivity index (χ0n) is 15.4. The number of carbonyl (C=O) groups is 1. The van der Waals surface area contributed by atoms with Crippen LogP contribution in [-0.2, 0) is 11.2 Å². The molecule has 1 atom stereocenters. The van der Waals surface area contributed by atoms with Gasteiger partial charge in [-0.15, -0.1) is 0 Å². The first-order valence-electron chi connectivity index (χ1n) is 9.63. The van der Waals surface area contributed by atoms with Gasteiger partial charge in [-0.3, -0.25) is 14.6 Å². The van der Waals surface area contributed by atoms with Crippen LogP contribution in [0.25, 0.3) is 0 Å². The number of aryl methyl sites for hydroxylation is 1. The van der Waals surface area contributed by atoms with E-state index in [4.69, 9.17) is 4.74 Å². The first kappa shape index (κ1) is 16.9. The summed E-state index contributed by atoms with van der Waals surface area (Å²) in [5.74, 6) is 1.06. The molecule has 1 aromatic carbocycles. The predicted molar refractivity (Wildman–Crippen MR) is 97.8 cm³/mol. The van der Waals surface area contributed by atoms with Gasteiger partial charge < -0.3 is 9.64 Å². The maximum absolute atomic E-state index is 12.7. The molecule has 2 saturated heterocycles. The van der Waals surface area contributed by atoms with E-state index in [1.54, 1.807) is 0 Å². The molecule has 5 heteroatoms. The van der Waals surface area contributed by atoms with Gasteiger partial charge in [0.2, 0.25) is 0 Å². The molecule has 1 aromatic rings. The molecule has 0 bridgehead atoms. The summed E-state index contributed by atoms with van der Waals surface area (Å²) in [5.41, 5.74) is 1.22. The summed E-state index contributed by atoms with van der Waals surface area (Å²) in [6.07, 6.45) is 1.43. The van der Waals surface area contributed by atoms with Crippen LogP contribution in [0.4, 0.5) is 0 Å². The molecule has 0 radical (unpaired) electrons. The predicted octanol–water partition coefficient (Wildman–Crippen LogP) is 1.62. The Morgan fingerprint density at radius 3 is 2.56 bits per heavy atom. The molecule has 3 aliphatic rings. The monoisotopic (exact) mass is 343 g/mol. The SMILES string of the molecule is CC(C)N1CCN(C2CN(C(=O)C3CCc4ccccc4O3)C2)CC1. The first-order chi connectivity index (χ1) is 12.1. The summed E-state index contributed by atoms with van der Waals surface area (Å²) < 4.78 is 5.96. The third-order valence-electron chi connectivity index (χ3n) is 5.96. The lowest BCUT2D eigenvalue weighted by Gasteiger charge is -2.49. The van der Waals surface area contributed by atoms with Crippen molar-refractivity contribution in [3.63, 3.8) is 0 Å².